The van der Waals surface area contributed by atoms with Crippen molar-refractivity contribution in [3.63, 3.8) is 0 Å². The highest BCUT2D eigenvalue weighted by Gasteiger charge is 2.13. The van der Waals surface area contributed by atoms with E-state index in [1.807, 2.05) is 32.3 Å². The Labute approximate surface area is 99.1 Å². The Hall–Kier alpha value is -0.930. The van der Waals surface area contributed by atoms with Crippen LogP contribution >= 0.6 is 0 Å². The van der Waals surface area contributed by atoms with Crippen LogP contribution in [0.4, 0.5) is 0 Å². The summed E-state index contributed by atoms with van der Waals surface area (Å²) in [6.45, 7) is 9.75. The van der Waals surface area contributed by atoms with Crippen LogP contribution in [0.5, 0.6) is 0 Å². The molecule has 0 atom stereocenters. The van der Waals surface area contributed by atoms with Crippen molar-refractivity contribution in [2.75, 3.05) is 33.2 Å². The first-order chi connectivity index (χ1) is 7.84. The fraction of sp³-hybridized carbons (Fsp3) is 0.615. The highest BCUT2D eigenvalue weighted by Crippen LogP contribution is 2.05. The van der Waals surface area contributed by atoms with Crippen LogP contribution in [0.15, 0.2) is 24.5 Å². The van der Waals surface area contributed by atoms with Crippen LogP contribution in [0.25, 0.3) is 0 Å². The van der Waals surface area contributed by atoms with E-state index in [2.05, 4.69) is 27.9 Å². The molecule has 1 aliphatic heterocycles. The molecule has 0 amide bonds. The van der Waals surface area contributed by atoms with Gasteiger partial charge in [0.2, 0.25) is 0 Å². The Kier molecular flexibility index (Phi) is 6.04. The van der Waals surface area contributed by atoms with Gasteiger partial charge in [0.1, 0.15) is 0 Å². The summed E-state index contributed by atoms with van der Waals surface area (Å²) < 4.78 is 0. The third-order valence-electron chi connectivity index (χ3n) is 2.72. The normalized spacial score (nSPS) is 17.7. The van der Waals surface area contributed by atoms with Gasteiger partial charge in [0, 0.05) is 45.1 Å². The van der Waals surface area contributed by atoms with E-state index in [0.717, 1.165) is 6.54 Å². The summed E-state index contributed by atoms with van der Waals surface area (Å²) in [4.78, 5) is 8.99. The van der Waals surface area contributed by atoms with Crippen LogP contribution in [0.2, 0.25) is 0 Å². The molecule has 0 saturated carbocycles. The molecule has 1 aromatic rings. The van der Waals surface area contributed by atoms with Gasteiger partial charge in [-0.05, 0) is 18.7 Å². The van der Waals surface area contributed by atoms with Crippen LogP contribution in [0.3, 0.4) is 0 Å². The van der Waals surface area contributed by atoms with Gasteiger partial charge < -0.3 is 4.90 Å². The average molecular weight is 221 g/mol. The first-order valence-electron chi connectivity index (χ1n) is 6.14. The minimum Gasteiger partial charge on any atom is -0.304 e. The predicted molar refractivity (Wildman–Crippen MR) is 68.4 cm³/mol. The second kappa shape index (κ2) is 7.36. The fourth-order valence-electron chi connectivity index (χ4n) is 1.76. The van der Waals surface area contributed by atoms with Crippen molar-refractivity contribution in [3.8, 4) is 0 Å². The molecule has 3 nitrogen and oxygen atoms in total. The first-order valence-corrected chi connectivity index (χ1v) is 6.14. The first kappa shape index (κ1) is 13.1. The highest BCUT2D eigenvalue weighted by molar-refractivity contribution is 5.08. The molecule has 0 spiro atoms. The van der Waals surface area contributed by atoms with Crippen LogP contribution in [0.1, 0.15) is 19.4 Å². The van der Waals surface area contributed by atoms with E-state index in [9.17, 15) is 0 Å². The number of aromatic nitrogens is 1. The standard InChI is InChI=1S/C11H17N3.C2H6/c1-13-5-7-14(8-6-13)10-11-3-2-4-12-9-11;1-2/h2-4,9H,5-8,10H2,1H3;1-2H3. The molecule has 2 heterocycles. The molecule has 0 bridgehead atoms. The Morgan fingerprint density at radius 1 is 1.19 bits per heavy atom. The quantitative estimate of drug-likeness (QED) is 0.760. The van der Waals surface area contributed by atoms with E-state index in [-0.39, 0.29) is 0 Å². The molecular formula is C13H23N3. The van der Waals surface area contributed by atoms with Gasteiger partial charge in [-0.3, -0.25) is 9.88 Å². The molecule has 0 aromatic carbocycles. The lowest BCUT2D eigenvalue weighted by atomic mass is 10.2. The van der Waals surface area contributed by atoms with Crippen molar-refractivity contribution in [3.05, 3.63) is 30.1 Å². The van der Waals surface area contributed by atoms with Crippen molar-refractivity contribution in [2.45, 2.75) is 20.4 Å². The summed E-state index contributed by atoms with van der Waals surface area (Å²) in [5, 5.41) is 0. The summed E-state index contributed by atoms with van der Waals surface area (Å²) >= 11 is 0. The van der Waals surface area contributed by atoms with Crippen molar-refractivity contribution >= 4 is 0 Å². The molecule has 2 rings (SSSR count). The summed E-state index contributed by atoms with van der Waals surface area (Å²) in [5.74, 6) is 0. The molecule has 1 fully saturated rings. The molecule has 0 aliphatic carbocycles. The average Bonchev–Trinajstić information content (AvgIpc) is 2.36. The number of hydrogen-bond acceptors (Lipinski definition) is 3. The molecule has 1 aromatic heterocycles. The monoisotopic (exact) mass is 221 g/mol. The van der Waals surface area contributed by atoms with Crippen LogP contribution < -0.4 is 0 Å². The Bertz CT molecular complexity index is 266. The predicted octanol–water partition coefficient (Wildman–Crippen LogP) is 1.86. The molecule has 0 N–H and O–H groups in total. The van der Waals surface area contributed by atoms with E-state index in [4.69, 9.17) is 0 Å². The maximum absolute atomic E-state index is 4.13. The minimum absolute atomic E-state index is 1.04. The highest BCUT2D eigenvalue weighted by atomic mass is 15.2. The van der Waals surface area contributed by atoms with Gasteiger partial charge in [0.05, 0.1) is 0 Å². The minimum atomic E-state index is 1.04. The second-order valence-electron chi connectivity index (χ2n) is 3.94. The lowest BCUT2D eigenvalue weighted by Gasteiger charge is -2.32. The smallest absolute Gasteiger partial charge is 0.0312 e. The SMILES string of the molecule is CC.CN1CCN(Cc2cccnc2)CC1. The van der Waals surface area contributed by atoms with Gasteiger partial charge >= 0.3 is 0 Å². The lowest BCUT2D eigenvalue weighted by molar-refractivity contribution is 0.148. The topological polar surface area (TPSA) is 19.4 Å². The van der Waals surface area contributed by atoms with E-state index in [1.165, 1.54) is 31.7 Å². The van der Waals surface area contributed by atoms with Crippen LogP contribution in [-0.2, 0) is 6.54 Å². The van der Waals surface area contributed by atoms with E-state index < -0.39 is 0 Å². The molecule has 1 saturated heterocycles. The van der Waals surface area contributed by atoms with Gasteiger partial charge in [0.15, 0.2) is 0 Å². The third-order valence-corrected chi connectivity index (χ3v) is 2.72. The van der Waals surface area contributed by atoms with Gasteiger partial charge in [0.25, 0.3) is 0 Å². The van der Waals surface area contributed by atoms with E-state index in [0.29, 0.717) is 0 Å². The van der Waals surface area contributed by atoms with E-state index in [1.54, 1.807) is 0 Å². The summed E-state index contributed by atoms with van der Waals surface area (Å²) in [6.07, 6.45) is 3.78. The number of rotatable bonds is 2. The van der Waals surface area contributed by atoms with Crippen molar-refractivity contribution in [1.29, 1.82) is 0 Å². The molecule has 16 heavy (non-hydrogen) atoms. The van der Waals surface area contributed by atoms with Crippen molar-refractivity contribution in [2.24, 2.45) is 0 Å². The number of pyridine rings is 1. The largest absolute Gasteiger partial charge is 0.304 e. The zero-order valence-electron chi connectivity index (χ0n) is 10.7. The van der Waals surface area contributed by atoms with Gasteiger partial charge in [-0.15, -0.1) is 0 Å². The third kappa shape index (κ3) is 4.29. The molecule has 3 heteroatoms. The van der Waals surface area contributed by atoms with Gasteiger partial charge in [-0.1, -0.05) is 19.9 Å². The summed E-state index contributed by atoms with van der Waals surface area (Å²) in [7, 11) is 2.18. The molecule has 0 radical (unpaired) electrons. The van der Waals surface area contributed by atoms with Crippen LogP contribution in [-0.4, -0.2) is 48.0 Å². The molecular weight excluding hydrogens is 198 g/mol. The number of piperazine rings is 1. The molecule has 0 unspecified atom stereocenters. The van der Waals surface area contributed by atoms with Gasteiger partial charge in [-0.25, -0.2) is 0 Å². The molecule has 90 valence electrons. The summed E-state index contributed by atoms with van der Waals surface area (Å²) in [5.41, 5.74) is 1.32. The number of nitrogens with zero attached hydrogens (tertiary/aromatic N) is 3. The van der Waals surface area contributed by atoms with Crippen molar-refractivity contribution in [1.82, 2.24) is 14.8 Å². The Morgan fingerprint density at radius 2 is 1.88 bits per heavy atom. The van der Waals surface area contributed by atoms with Crippen molar-refractivity contribution < 1.29 is 0 Å². The Balaban J connectivity index is 0.000000606. The van der Waals surface area contributed by atoms with E-state index >= 15 is 0 Å². The number of hydrogen-bond donors (Lipinski definition) is 0. The zero-order valence-corrected chi connectivity index (χ0v) is 10.7. The van der Waals surface area contributed by atoms with Gasteiger partial charge in [-0.2, -0.15) is 0 Å². The second-order valence-corrected chi connectivity index (χ2v) is 3.94. The lowest BCUT2D eigenvalue weighted by Crippen LogP contribution is -2.43. The summed E-state index contributed by atoms with van der Waals surface area (Å²) in [6, 6.07) is 4.15. The zero-order chi connectivity index (χ0) is 11.8. The van der Waals surface area contributed by atoms with Crippen LogP contribution in [0, 0.1) is 0 Å². The maximum atomic E-state index is 4.13. The number of likely N-dealkylation sites (N-methyl/N-ethyl adjacent to an activating group) is 1. The molecule has 1 aliphatic rings. The Morgan fingerprint density at radius 3 is 2.44 bits per heavy atom. The maximum Gasteiger partial charge on any atom is 0.0312 e. The fourth-order valence-corrected chi connectivity index (χ4v) is 1.76.